The summed E-state index contributed by atoms with van der Waals surface area (Å²) in [6.07, 6.45) is 12.5. The molecule has 0 aromatic heterocycles. The second kappa shape index (κ2) is 13.9. The molecular formula is C13H34OP2. The van der Waals surface area contributed by atoms with Gasteiger partial charge in [0.15, 0.2) is 0 Å². The van der Waals surface area contributed by atoms with Crippen LogP contribution in [-0.2, 0) is 0 Å². The molecule has 0 saturated carbocycles. The molecule has 0 fully saturated rings. The van der Waals surface area contributed by atoms with Crippen LogP contribution < -0.4 is 0 Å². The van der Waals surface area contributed by atoms with Crippen molar-refractivity contribution in [3.63, 3.8) is 0 Å². The van der Waals surface area contributed by atoms with Gasteiger partial charge in [-0.3, -0.25) is 0 Å². The van der Waals surface area contributed by atoms with Crippen molar-refractivity contribution in [3.05, 3.63) is 0 Å². The molecule has 0 aliphatic carbocycles. The van der Waals surface area contributed by atoms with Crippen LogP contribution >= 0.6 is 19.1 Å². The third kappa shape index (κ3) is 11.3. The normalized spacial score (nSPS) is 10.5. The van der Waals surface area contributed by atoms with E-state index in [4.69, 9.17) is 0 Å². The van der Waals surface area contributed by atoms with Crippen LogP contribution in [0.15, 0.2) is 0 Å². The van der Waals surface area contributed by atoms with Gasteiger partial charge in [-0.2, -0.15) is 9.90 Å². The van der Waals surface area contributed by atoms with Gasteiger partial charge in [0.1, 0.15) is 0 Å². The fourth-order valence-electron chi connectivity index (χ4n) is 1.96. The average molecular weight is 268 g/mol. The fourth-order valence-corrected chi connectivity index (χ4v) is 2.57. The lowest BCUT2D eigenvalue weighted by Gasteiger charge is -2.29. The molecule has 0 aromatic rings. The molecule has 102 valence electrons. The van der Waals surface area contributed by atoms with Gasteiger partial charge in [0, 0.05) is 0 Å². The first-order valence-corrected chi connectivity index (χ1v) is 7.05. The van der Waals surface area contributed by atoms with Crippen LogP contribution in [0.3, 0.4) is 0 Å². The van der Waals surface area contributed by atoms with E-state index in [9.17, 15) is 0 Å². The molecule has 0 aliphatic rings. The maximum absolute atomic E-state index is 3.17. The molecule has 2 N–H and O–H groups in total. The Kier molecular flexibility index (Phi) is 19.1. The van der Waals surface area contributed by atoms with E-state index in [0.29, 0.717) is 5.16 Å². The highest BCUT2D eigenvalue weighted by molar-refractivity contribution is 7.19. The van der Waals surface area contributed by atoms with Crippen LogP contribution in [-0.4, -0.2) is 10.6 Å². The van der Waals surface area contributed by atoms with Crippen molar-refractivity contribution >= 4 is 19.1 Å². The summed E-state index contributed by atoms with van der Waals surface area (Å²) in [5.41, 5.74) is 0. The van der Waals surface area contributed by atoms with E-state index < -0.39 is 0 Å². The summed E-state index contributed by atoms with van der Waals surface area (Å²) in [6.45, 7) is 6.89. The smallest absolute Gasteiger partial charge is 0.0150 e. The quantitative estimate of drug-likeness (QED) is 0.555. The van der Waals surface area contributed by atoms with Gasteiger partial charge in [-0.05, 0) is 24.4 Å². The van der Waals surface area contributed by atoms with Gasteiger partial charge in [-0.25, -0.2) is 0 Å². The maximum atomic E-state index is 3.17. The fraction of sp³-hybridized carbons (Fsp3) is 1.00. The Balaban J connectivity index is -0.000000845. The van der Waals surface area contributed by atoms with Gasteiger partial charge >= 0.3 is 0 Å². The standard InChI is InChI=1S/C13H29P.H2O.H3P/c1-4-7-10-13(14,11-8-5-2)12-9-6-3;;/h4-12,14H2,1-3H3;1H2;1H3. The van der Waals surface area contributed by atoms with Gasteiger partial charge in [0.25, 0.3) is 0 Å². The van der Waals surface area contributed by atoms with Crippen LogP contribution in [0.2, 0.25) is 0 Å². The molecule has 16 heavy (non-hydrogen) atoms. The zero-order valence-corrected chi connectivity index (χ0v) is 14.2. The van der Waals surface area contributed by atoms with Crippen molar-refractivity contribution in [1.82, 2.24) is 0 Å². The van der Waals surface area contributed by atoms with Crippen LogP contribution in [0, 0.1) is 0 Å². The highest BCUT2D eigenvalue weighted by Crippen LogP contribution is 2.36. The summed E-state index contributed by atoms with van der Waals surface area (Å²) in [5, 5.41) is 0.571. The van der Waals surface area contributed by atoms with Crippen LogP contribution in [0.25, 0.3) is 0 Å². The van der Waals surface area contributed by atoms with Crippen molar-refractivity contribution in [1.29, 1.82) is 0 Å². The largest absolute Gasteiger partial charge is 0.412 e. The molecule has 0 aliphatic heterocycles. The van der Waals surface area contributed by atoms with Crippen molar-refractivity contribution in [2.75, 3.05) is 0 Å². The first-order valence-electron chi connectivity index (χ1n) is 6.47. The Morgan fingerprint density at radius 1 is 0.750 bits per heavy atom. The molecule has 1 nitrogen and oxygen atoms in total. The lowest BCUT2D eigenvalue weighted by Crippen LogP contribution is -2.20. The highest BCUT2D eigenvalue weighted by atomic mass is 31.0. The van der Waals surface area contributed by atoms with Gasteiger partial charge in [0.05, 0.1) is 0 Å². The second-order valence-corrected chi connectivity index (χ2v) is 5.90. The Labute approximate surface area is 109 Å². The van der Waals surface area contributed by atoms with E-state index in [0.717, 1.165) is 0 Å². The van der Waals surface area contributed by atoms with E-state index >= 15 is 0 Å². The first kappa shape index (κ1) is 22.0. The summed E-state index contributed by atoms with van der Waals surface area (Å²) in [6, 6.07) is 0. The maximum Gasteiger partial charge on any atom is -0.0150 e. The zero-order valence-electron chi connectivity index (χ0n) is 11.6. The average Bonchev–Trinajstić information content (AvgIpc) is 2.21. The molecule has 0 radical (unpaired) electrons. The molecule has 2 unspecified atom stereocenters. The minimum absolute atomic E-state index is 0. The van der Waals surface area contributed by atoms with E-state index in [1.165, 1.54) is 57.8 Å². The Morgan fingerprint density at radius 2 is 1.00 bits per heavy atom. The molecular weight excluding hydrogens is 234 g/mol. The van der Waals surface area contributed by atoms with Crippen molar-refractivity contribution in [3.8, 4) is 0 Å². The molecule has 0 heterocycles. The third-order valence-electron chi connectivity index (χ3n) is 3.08. The predicted octanol–water partition coefficient (Wildman–Crippen LogP) is 4.40. The van der Waals surface area contributed by atoms with Crippen molar-refractivity contribution in [2.45, 2.75) is 83.7 Å². The first-order chi connectivity index (χ1) is 6.68. The topological polar surface area (TPSA) is 31.5 Å². The summed E-state index contributed by atoms with van der Waals surface area (Å²) in [5.74, 6) is 0. The van der Waals surface area contributed by atoms with Crippen molar-refractivity contribution in [2.24, 2.45) is 0 Å². The minimum atomic E-state index is 0. The molecule has 0 spiro atoms. The summed E-state index contributed by atoms with van der Waals surface area (Å²) < 4.78 is 0. The SMILES string of the molecule is CCCCC(P)(CCCC)CCCC.O.P. The van der Waals surface area contributed by atoms with Crippen LogP contribution in [0.4, 0.5) is 0 Å². The number of unbranched alkanes of at least 4 members (excludes halogenated alkanes) is 3. The molecule has 0 amide bonds. The summed E-state index contributed by atoms with van der Waals surface area (Å²) in [7, 11) is 3.17. The van der Waals surface area contributed by atoms with E-state index in [2.05, 4.69) is 30.0 Å². The number of rotatable bonds is 9. The highest BCUT2D eigenvalue weighted by Gasteiger charge is 2.22. The molecule has 0 aromatic carbocycles. The van der Waals surface area contributed by atoms with Crippen molar-refractivity contribution < 1.29 is 5.48 Å². The lowest BCUT2D eigenvalue weighted by atomic mass is 9.90. The van der Waals surface area contributed by atoms with Gasteiger partial charge in [0.2, 0.25) is 0 Å². The zero-order chi connectivity index (χ0) is 10.9. The molecule has 0 bridgehead atoms. The number of hydrogen-bond donors (Lipinski definition) is 0. The van der Waals surface area contributed by atoms with E-state index in [1.54, 1.807) is 0 Å². The Morgan fingerprint density at radius 3 is 1.19 bits per heavy atom. The van der Waals surface area contributed by atoms with Gasteiger partial charge in [-0.1, -0.05) is 59.3 Å². The molecule has 0 saturated heterocycles. The monoisotopic (exact) mass is 268 g/mol. The van der Waals surface area contributed by atoms with Crippen LogP contribution in [0.1, 0.15) is 78.6 Å². The minimum Gasteiger partial charge on any atom is -0.412 e. The molecule has 3 heteroatoms. The Bertz CT molecular complexity index is 107. The predicted molar refractivity (Wildman–Crippen MR) is 85.7 cm³/mol. The van der Waals surface area contributed by atoms with Gasteiger partial charge in [-0.15, -0.1) is 9.24 Å². The summed E-state index contributed by atoms with van der Waals surface area (Å²) >= 11 is 0. The lowest BCUT2D eigenvalue weighted by molar-refractivity contribution is 0.424. The number of hydrogen-bond acceptors (Lipinski definition) is 0. The Hall–Kier alpha value is 0.820. The summed E-state index contributed by atoms with van der Waals surface area (Å²) in [4.78, 5) is 0. The molecule has 0 rings (SSSR count). The van der Waals surface area contributed by atoms with Gasteiger partial charge < -0.3 is 5.48 Å². The van der Waals surface area contributed by atoms with Crippen LogP contribution in [0.5, 0.6) is 0 Å². The molecule has 2 atom stereocenters. The third-order valence-corrected chi connectivity index (χ3v) is 3.95. The van der Waals surface area contributed by atoms with E-state index in [-0.39, 0.29) is 15.4 Å². The second-order valence-electron chi connectivity index (χ2n) is 4.67. The van der Waals surface area contributed by atoms with E-state index in [1.807, 2.05) is 0 Å².